The largest absolute Gasteiger partial charge is 0.381 e. The fourth-order valence-electron chi connectivity index (χ4n) is 2.37. The fourth-order valence-corrected chi connectivity index (χ4v) is 2.37. The maximum absolute atomic E-state index is 11.2. The molecule has 0 saturated heterocycles. The Morgan fingerprint density at radius 1 is 1.25 bits per heavy atom. The maximum atomic E-state index is 11.2. The number of benzene rings is 2. The van der Waals surface area contributed by atoms with Crippen LogP contribution < -0.4 is 5.32 Å². The number of para-hydroxylation sites is 1. The van der Waals surface area contributed by atoms with Gasteiger partial charge in [0.25, 0.3) is 0 Å². The average molecular weight is 314 g/mol. The normalized spacial score (nSPS) is 9.54. The van der Waals surface area contributed by atoms with Crippen LogP contribution in [0.4, 0.5) is 5.69 Å². The van der Waals surface area contributed by atoms with E-state index in [4.69, 9.17) is 0 Å². The van der Waals surface area contributed by atoms with Crippen LogP contribution in [0, 0.1) is 11.8 Å². The second-order valence-corrected chi connectivity index (χ2v) is 5.52. The lowest BCUT2D eigenvalue weighted by Crippen LogP contribution is -2.05. The molecule has 0 aromatic heterocycles. The predicted molar refractivity (Wildman–Crippen MR) is 101 cm³/mol. The SMILES string of the molecule is C=CCNc1c([C]=O)cccc1Cc1cccc(C#CC(=C)C)c1. The van der Waals surface area contributed by atoms with E-state index in [1.165, 1.54) is 0 Å². The first kappa shape index (κ1) is 17.3. The maximum Gasteiger partial charge on any atom is 0.235 e. The Kier molecular flexibility index (Phi) is 6.16. The summed E-state index contributed by atoms with van der Waals surface area (Å²) in [6, 6.07) is 13.7. The lowest BCUT2D eigenvalue weighted by atomic mass is 9.99. The van der Waals surface area contributed by atoms with Crippen molar-refractivity contribution in [1.29, 1.82) is 0 Å². The molecule has 0 aliphatic carbocycles. The Morgan fingerprint density at radius 3 is 2.75 bits per heavy atom. The molecule has 2 rings (SSSR count). The first-order valence-corrected chi connectivity index (χ1v) is 7.75. The molecule has 2 nitrogen and oxygen atoms in total. The van der Waals surface area contributed by atoms with Gasteiger partial charge in [-0.2, -0.15) is 0 Å². The van der Waals surface area contributed by atoms with E-state index in [1.54, 1.807) is 12.1 Å². The summed E-state index contributed by atoms with van der Waals surface area (Å²) < 4.78 is 0. The van der Waals surface area contributed by atoms with Gasteiger partial charge in [-0.15, -0.1) is 6.58 Å². The van der Waals surface area contributed by atoms with Crippen molar-refractivity contribution in [3.05, 3.63) is 89.5 Å². The quantitative estimate of drug-likeness (QED) is 0.637. The van der Waals surface area contributed by atoms with Gasteiger partial charge < -0.3 is 5.32 Å². The van der Waals surface area contributed by atoms with Gasteiger partial charge in [0, 0.05) is 23.4 Å². The zero-order valence-electron chi connectivity index (χ0n) is 13.9. The van der Waals surface area contributed by atoms with Crippen LogP contribution in [-0.2, 0) is 11.2 Å². The highest BCUT2D eigenvalue weighted by molar-refractivity contribution is 5.86. The Morgan fingerprint density at radius 2 is 2.04 bits per heavy atom. The predicted octanol–water partition coefficient (Wildman–Crippen LogP) is 4.26. The molecule has 0 saturated carbocycles. The van der Waals surface area contributed by atoms with Crippen LogP contribution in [0.2, 0.25) is 0 Å². The van der Waals surface area contributed by atoms with Gasteiger partial charge >= 0.3 is 0 Å². The highest BCUT2D eigenvalue weighted by atomic mass is 16.1. The van der Waals surface area contributed by atoms with Crippen molar-refractivity contribution < 1.29 is 4.79 Å². The molecule has 1 N–H and O–H groups in total. The molecule has 2 aromatic carbocycles. The van der Waals surface area contributed by atoms with E-state index >= 15 is 0 Å². The van der Waals surface area contributed by atoms with Gasteiger partial charge in [-0.1, -0.05) is 48.8 Å². The van der Waals surface area contributed by atoms with Crippen LogP contribution in [0.15, 0.2) is 67.3 Å². The highest BCUT2D eigenvalue weighted by Crippen LogP contribution is 2.23. The van der Waals surface area contributed by atoms with Crippen LogP contribution in [0.5, 0.6) is 0 Å². The summed E-state index contributed by atoms with van der Waals surface area (Å²) >= 11 is 0. The molecule has 0 amide bonds. The van der Waals surface area contributed by atoms with Gasteiger partial charge in [-0.05, 0) is 48.2 Å². The summed E-state index contributed by atoms with van der Waals surface area (Å²) in [6.45, 7) is 9.98. The van der Waals surface area contributed by atoms with E-state index in [0.29, 0.717) is 18.5 Å². The third-order valence-corrected chi connectivity index (χ3v) is 3.43. The molecule has 0 heterocycles. The molecule has 0 unspecified atom stereocenters. The van der Waals surface area contributed by atoms with Gasteiger partial charge in [-0.25, -0.2) is 0 Å². The Labute approximate surface area is 143 Å². The molecular formula is C22H20NO. The van der Waals surface area contributed by atoms with E-state index < -0.39 is 0 Å². The first-order chi connectivity index (χ1) is 11.6. The summed E-state index contributed by atoms with van der Waals surface area (Å²) in [4.78, 5) is 11.2. The summed E-state index contributed by atoms with van der Waals surface area (Å²) in [5.41, 5.74) is 5.31. The van der Waals surface area contributed by atoms with Crippen LogP contribution in [0.3, 0.4) is 0 Å². The van der Waals surface area contributed by atoms with Crippen molar-refractivity contribution in [2.75, 3.05) is 11.9 Å². The number of hydrogen-bond donors (Lipinski definition) is 1. The summed E-state index contributed by atoms with van der Waals surface area (Å²) in [5, 5.41) is 3.24. The molecule has 0 atom stereocenters. The topological polar surface area (TPSA) is 29.1 Å². The number of anilines is 1. The molecule has 0 aliphatic heterocycles. The molecule has 24 heavy (non-hydrogen) atoms. The number of rotatable bonds is 6. The molecule has 0 fully saturated rings. The number of nitrogens with one attached hydrogen (secondary N) is 1. The molecule has 1 radical (unpaired) electrons. The molecule has 2 heteroatoms. The molecule has 2 aromatic rings. The average Bonchev–Trinajstić information content (AvgIpc) is 2.59. The third kappa shape index (κ3) is 4.72. The molecule has 119 valence electrons. The molecule has 0 bridgehead atoms. The minimum atomic E-state index is 0.535. The minimum Gasteiger partial charge on any atom is -0.381 e. The summed E-state index contributed by atoms with van der Waals surface area (Å²) in [7, 11) is 0. The van der Waals surface area contributed by atoms with Crippen LogP contribution in [0.25, 0.3) is 0 Å². The fraction of sp³-hybridized carbons (Fsp3) is 0.136. The third-order valence-electron chi connectivity index (χ3n) is 3.43. The van der Waals surface area contributed by atoms with Crippen molar-refractivity contribution in [2.45, 2.75) is 13.3 Å². The van der Waals surface area contributed by atoms with Gasteiger partial charge in [0.15, 0.2) is 0 Å². The Hall–Kier alpha value is -3.05. The zero-order valence-corrected chi connectivity index (χ0v) is 13.9. The first-order valence-electron chi connectivity index (χ1n) is 7.75. The second kappa shape index (κ2) is 8.55. The van der Waals surface area contributed by atoms with E-state index in [1.807, 2.05) is 37.5 Å². The van der Waals surface area contributed by atoms with Gasteiger partial charge in [0.2, 0.25) is 6.29 Å². The lowest BCUT2D eigenvalue weighted by Gasteiger charge is -2.13. The van der Waals surface area contributed by atoms with Crippen molar-refractivity contribution in [1.82, 2.24) is 0 Å². The summed E-state index contributed by atoms with van der Waals surface area (Å²) in [5.74, 6) is 6.09. The van der Waals surface area contributed by atoms with Gasteiger partial charge in [0.05, 0.1) is 0 Å². The van der Waals surface area contributed by atoms with Crippen molar-refractivity contribution >= 4 is 12.0 Å². The zero-order chi connectivity index (χ0) is 17.4. The van der Waals surface area contributed by atoms with Crippen molar-refractivity contribution in [3.63, 3.8) is 0 Å². The molecule has 0 spiro atoms. The molecule has 0 aliphatic rings. The second-order valence-electron chi connectivity index (χ2n) is 5.52. The van der Waals surface area contributed by atoms with Crippen molar-refractivity contribution in [3.8, 4) is 11.8 Å². The molecular weight excluding hydrogens is 294 g/mol. The van der Waals surface area contributed by atoms with Crippen LogP contribution in [0.1, 0.15) is 29.2 Å². The number of hydrogen-bond acceptors (Lipinski definition) is 2. The lowest BCUT2D eigenvalue weighted by molar-refractivity contribution is 0.563. The van der Waals surface area contributed by atoms with Crippen LogP contribution in [-0.4, -0.2) is 12.8 Å². The summed E-state index contributed by atoms with van der Waals surface area (Å²) in [6.07, 6.45) is 4.46. The van der Waals surface area contributed by atoms with E-state index in [9.17, 15) is 4.79 Å². The van der Waals surface area contributed by atoms with Gasteiger partial charge in [0.1, 0.15) is 0 Å². The van der Waals surface area contributed by atoms with Crippen molar-refractivity contribution in [2.24, 2.45) is 0 Å². The van der Waals surface area contributed by atoms with E-state index in [2.05, 4.69) is 42.4 Å². The number of carbonyl (C=O) groups excluding carboxylic acids is 1. The monoisotopic (exact) mass is 314 g/mol. The standard InChI is InChI=1S/C22H20NO/c1-4-13-23-22-20(9-6-10-21(22)16-24)15-19-8-5-7-18(14-19)12-11-17(2)3/h4-10,14,23H,1-2,13,15H2,3H3. The van der Waals surface area contributed by atoms with E-state index in [0.717, 1.165) is 28.0 Å². The highest BCUT2D eigenvalue weighted by Gasteiger charge is 2.08. The Balaban J connectivity index is 2.33. The van der Waals surface area contributed by atoms with Crippen LogP contribution >= 0.6 is 0 Å². The smallest absolute Gasteiger partial charge is 0.235 e. The Bertz CT molecular complexity index is 821. The minimum absolute atomic E-state index is 0.535. The van der Waals surface area contributed by atoms with E-state index in [-0.39, 0.29) is 0 Å². The van der Waals surface area contributed by atoms with Gasteiger partial charge in [-0.3, -0.25) is 4.79 Å². The number of allylic oxidation sites excluding steroid dienone is 1.